The molecule has 1 atom stereocenters. The predicted octanol–water partition coefficient (Wildman–Crippen LogP) is 10.2. The van der Waals surface area contributed by atoms with Gasteiger partial charge in [0.2, 0.25) is 0 Å². The van der Waals surface area contributed by atoms with Crippen molar-refractivity contribution >= 4 is 75.0 Å². The lowest BCUT2D eigenvalue weighted by Gasteiger charge is -2.39. The Bertz CT molecular complexity index is 3060. The van der Waals surface area contributed by atoms with Gasteiger partial charge in [0.05, 0.1) is 0 Å². The van der Waals surface area contributed by atoms with E-state index >= 15 is 0 Å². The Morgan fingerprint density at radius 2 is 1.14 bits per heavy atom. The molecule has 13 rings (SSSR count). The molecule has 0 aromatic heterocycles. The summed E-state index contributed by atoms with van der Waals surface area (Å²) in [5.41, 5.74) is 8.72. The van der Waals surface area contributed by atoms with Gasteiger partial charge in [-0.05, 0) is 92.0 Å². The molecule has 6 aliphatic rings. The molecule has 4 heterocycles. The fourth-order valence-electron chi connectivity index (χ4n) is 9.51. The molecular weight excluding hydrogens is 750 g/mol. The summed E-state index contributed by atoms with van der Waals surface area (Å²) in [6.07, 6.45) is 12.4. The second-order valence-electron chi connectivity index (χ2n) is 15.5. The van der Waals surface area contributed by atoms with Crippen LogP contribution in [-0.4, -0.2) is 13.4 Å². The zero-order valence-corrected chi connectivity index (χ0v) is 32.6. The van der Waals surface area contributed by atoms with Crippen LogP contribution in [0.25, 0.3) is 10.8 Å². The third-order valence-electron chi connectivity index (χ3n) is 12.1. The van der Waals surface area contributed by atoms with Gasteiger partial charge in [-0.3, -0.25) is 0 Å². The van der Waals surface area contributed by atoms with Crippen molar-refractivity contribution in [2.45, 2.75) is 21.1 Å². The molecule has 1 unspecified atom stereocenters. The molecule has 7 aromatic carbocycles. The van der Waals surface area contributed by atoms with Gasteiger partial charge in [0, 0.05) is 38.8 Å². The van der Waals surface area contributed by atoms with Gasteiger partial charge < -0.3 is 18.9 Å². The number of benzene rings is 7. The summed E-state index contributed by atoms with van der Waals surface area (Å²) in [5.74, 6) is 6.69. The SMILES string of the molecule is C1=CC2=CC3=C(CC2C=C1)Sc1cc(Oc2ccccc2)cc2c1B3c1cc3c(cc1O2)Oc1cc(Oc2ccccc2)cc2c1B3c1cc3ccccc3cc1S2. The molecule has 8 heteroatoms. The van der Waals surface area contributed by atoms with E-state index in [4.69, 9.17) is 18.9 Å². The summed E-state index contributed by atoms with van der Waals surface area (Å²) in [4.78, 5) is 4.98. The van der Waals surface area contributed by atoms with Gasteiger partial charge in [0.1, 0.15) is 46.0 Å². The maximum absolute atomic E-state index is 7.01. The molecule has 4 aliphatic heterocycles. The van der Waals surface area contributed by atoms with Gasteiger partial charge in [-0.15, -0.1) is 0 Å². The Hall–Kier alpha value is -6.21. The third kappa shape index (κ3) is 5.14. The number of hydrogen-bond acceptors (Lipinski definition) is 6. The number of allylic oxidation sites excluding steroid dienone is 8. The lowest BCUT2D eigenvalue weighted by atomic mass is 9.31. The molecule has 0 bridgehead atoms. The Labute approximate surface area is 345 Å². The van der Waals surface area contributed by atoms with E-state index in [9.17, 15) is 0 Å². The van der Waals surface area contributed by atoms with Gasteiger partial charge in [0.25, 0.3) is 13.4 Å². The van der Waals surface area contributed by atoms with Crippen molar-refractivity contribution < 1.29 is 18.9 Å². The van der Waals surface area contributed by atoms with E-state index in [0.29, 0.717) is 5.92 Å². The highest BCUT2D eigenvalue weighted by atomic mass is 32.2. The summed E-state index contributed by atoms with van der Waals surface area (Å²) in [7, 11) is 0. The van der Waals surface area contributed by atoms with Crippen LogP contribution >= 0.6 is 23.5 Å². The predicted molar refractivity (Wildman–Crippen MR) is 238 cm³/mol. The minimum absolute atomic E-state index is 0.00890. The molecule has 0 N–H and O–H groups in total. The molecule has 0 amide bonds. The van der Waals surface area contributed by atoms with Crippen molar-refractivity contribution in [3.63, 3.8) is 0 Å². The Kier molecular flexibility index (Phi) is 7.16. The fraction of sp³-hybridized carbons (Fsp3) is 0.0400. The van der Waals surface area contributed by atoms with E-state index in [2.05, 4.69) is 103 Å². The highest BCUT2D eigenvalue weighted by molar-refractivity contribution is 8.03. The highest BCUT2D eigenvalue weighted by Crippen LogP contribution is 2.49. The first kappa shape index (κ1) is 32.8. The van der Waals surface area contributed by atoms with Crippen LogP contribution in [0.2, 0.25) is 0 Å². The van der Waals surface area contributed by atoms with Crippen LogP contribution < -0.4 is 46.3 Å². The summed E-state index contributed by atoms with van der Waals surface area (Å²) in [6.45, 7) is -0.0505. The lowest BCUT2D eigenvalue weighted by Crippen LogP contribution is -2.60. The van der Waals surface area contributed by atoms with Gasteiger partial charge in [-0.1, -0.05) is 138 Å². The number of ether oxygens (including phenoxy) is 4. The smallest absolute Gasteiger partial charge is 0.253 e. The molecule has 0 radical (unpaired) electrons. The molecule has 2 aliphatic carbocycles. The second-order valence-corrected chi connectivity index (χ2v) is 17.7. The molecule has 7 aromatic rings. The van der Waals surface area contributed by atoms with Crippen molar-refractivity contribution in [3.05, 3.63) is 180 Å². The van der Waals surface area contributed by atoms with E-state index in [-0.39, 0.29) is 13.4 Å². The Morgan fingerprint density at radius 3 is 1.84 bits per heavy atom. The second kappa shape index (κ2) is 12.6. The first-order valence-corrected chi connectivity index (χ1v) is 21.3. The van der Waals surface area contributed by atoms with Crippen molar-refractivity contribution in [3.8, 4) is 46.0 Å². The summed E-state index contributed by atoms with van der Waals surface area (Å²) in [5, 5.41) is 2.46. The monoisotopic (exact) mass is 780 g/mol. The van der Waals surface area contributed by atoms with E-state index in [1.807, 2.05) is 72.4 Å². The minimum atomic E-state index is -0.0416. The number of fused-ring (bicyclic) bond motifs is 9. The van der Waals surface area contributed by atoms with Crippen molar-refractivity contribution in [1.29, 1.82) is 0 Å². The van der Waals surface area contributed by atoms with Crippen LogP contribution in [0.1, 0.15) is 6.42 Å². The lowest BCUT2D eigenvalue weighted by molar-refractivity contribution is 0.449. The quantitative estimate of drug-likeness (QED) is 0.166. The zero-order chi connectivity index (χ0) is 37.9. The number of hydrogen-bond donors (Lipinski definition) is 0. The molecule has 58 heavy (non-hydrogen) atoms. The first-order chi connectivity index (χ1) is 28.7. The Morgan fingerprint density at radius 1 is 0.517 bits per heavy atom. The summed E-state index contributed by atoms with van der Waals surface area (Å²) >= 11 is 3.67. The number of thioether (sulfide) groups is 1. The van der Waals surface area contributed by atoms with Crippen LogP contribution in [0.4, 0.5) is 0 Å². The summed E-state index contributed by atoms with van der Waals surface area (Å²) < 4.78 is 26.9. The highest BCUT2D eigenvalue weighted by Gasteiger charge is 2.46. The van der Waals surface area contributed by atoms with E-state index < -0.39 is 0 Å². The van der Waals surface area contributed by atoms with Crippen LogP contribution in [0.3, 0.4) is 0 Å². The minimum Gasteiger partial charge on any atom is -0.458 e. The van der Waals surface area contributed by atoms with Gasteiger partial charge in [-0.25, -0.2) is 0 Å². The standard InChI is InChI=1S/C50H30B2O4S2/c1-3-15-33(16-4-1)53-35-23-43-49-47(25-35)57-45-21-31-13-9-7-11-29(31)19-39(45)51(49)37-27-38-42(28-41(37)55-43)56-44-24-36(54-34-17-5-2-6-18-34)26-48-50(44)52(38)40-20-30-12-8-10-14-32(30)22-46(40)58-48/h1-21,23-28,32H,22H2. The Balaban J connectivity index is 1.01. The molecule has 0 fully saturated rings. The maximum Gasteiger partial charge on any atom is 0.253 e. The van der Waals surface area contributed by atoms with Crippen molar-refractivity contribution in [2.75, 3.05) is 0 Å². The van der Waals surface area contributed by atoms with Crippen LogP contribution in [0.15, 0.2) is 194 Å². The van der Waals surface area contributed by atoms with Gasteiger partial charge in [-0.2, -0.15) is 0 Å². The maximum atomic E-state index is 7.01. The normalized spacial score (nSPS) is 17.0. The molecule has 0 saturated heterocycles. The molecule has 4 nitrogen and oxygen atoms in total. The first-order valence-electron chi connectivity index (χ1n) is 19.7. The van der Waals surface area contributed by atoms with Crippen LogP contribution in [-0.2, 0) is 0 Å². The van der Waals surface area contributed by atoms with E-state index in [0.717, 1.165) is 62.8 Å². The zero-order valence-electron chi connectivity index (χ0n) is 31.0. The van der Waals surface area contributed by atoms with Crippen molar-refractivity contribution in [1.82, 2.24) is 0 Å². The average molecular weight is 781 g/mol. The van der Waals surface area contributed by atoms with Gasteiger partial charge in [0.15, 0.2) is 0 Å². The van der Waals surface area contributed by atoms with E-state index in [1.54, 1.807) is 11.8 Å². The van der Waals surface area contributed by atoms with E-state index in [1.165, 1.54) is 58.4 Å². The number of rotatable bonds is 4. The third-order valence-corrected chi connectivity index (χ3v) is 14.4. The topological polar surface area (TPSA) is 36.9 Å². The molecular formula is C50H30B2O4S2. The molecule has 272 valence electrons. The largest absolute Gasteiger partial charge is 0.458 e. The van der Waals surface area contributed by atoms with Crippen molar-refractivity contribution in [2.24, 2.45) is 5.92 Å². The average Bonchev–Trinajstić information content (AvgIpc) is 3.25. The molecule has 0 saturated carbocycles. The van der Waals surface area contributed by atoms with Gasteiger partial charge >= 0.3 is 0 Å². The fourth-order valence-corrected chi connectivity index (χ4v) is 12.1. The molecule has 0 spiro atoms. The summed E-state index contributed by atoms with van der Waals surface area (Å²) in [6, 6.07) is 46.4. The number of para-hydroxylation sites is 2. The van der Waals surface area contributed by atoms with Crippen LogP contribution in [0.5, 0.6) is 46.0 Å². The van der Waals surface area contributed by atoms with Crippen LogP contribution in [0, 0.1) is 5.92 Å².